The third-order valence-electron chi connectivity index (χ3n) is 4.26. The maximum Gasteiger partial charge on any atom is 0.337 e. The van der Waals surface area contributed by atoms with Crippen molar-refractivity contribution in [1.29, 1.82) is 0 Å². The number of esters is 1. The van der Waals surface area contributed by atoms with Gasteiger partial charge in [0, 0.05) is 6.08 Å². The van der Waals surface area contributed by atoms with Crippen molar-refractivity contribution in [2.75, 3.05) is 7.11 Å². The third-order valence-corrected chi connectivity index (χ3v) is 4.26. The lowest BCUT2D eigenvalue weighted by molar-refractivity contribution is 0.0273. The molecule has 0 aliphatic carbocycles. The monoisotopic (exact) mass is 389 g/mol. The summed E-state index contributed by atoms with van der Waals surface area (Å²) in [7, 11) is 1.34. The largest absolute Gasteiger partial charge is 0.465 e. The van der Waals surface area contributed by atoms with Gasteiger partial charge in [0.2, 0.25) is 5.88 Å². The van der Waals surface area contributed by atoms with Crippen LogP contribution < -0.4 is 15.0 Å². The third kappa shape index (κ3) is 4.56. The van der Waals surface area contributed by atoms with Gasteiger partial charge in [0.05, 0.1) is 12.7 Å². The minimum absolute atomic E-state index is 0.306. The molecule has 3 aromatic rings. The lowest BCUT2D eigenvalue weighted by Crippen LogP contribution is -2.12. The number of hydrogen-bond acceptors (Lipinski definition) is 6. The topological polar surface area (TPSA) is 66.0 Å². The molecule has 3 aromatic carbocycles. The van der Waals surface area contributed by atoms with Crippen molar-refractivity contribution in [2.45, 2.75) is 6.10 Å². The van der Waals surface area contributed by atoms with Crippen molar-refractivity contribution in [2.24, 2.45) is 0 Å². The second kappa shape index (κ2) is 8.50. The molecule has 1 aliphatic heterocycles. The number of hydroxylamine groups is 1. The van der Waals surface area contributed by atoms with Gasteiger partial charge in [-0.1, -0.05) is 36.4 Å². The smallest absolute Gasteiger partial charge is 0.337 e. The van der Waals surface area contributed by atoms with Crippen molar-refractivity contribution in [3.05, 3.63) is 102 Å². The number of para-hydroxylation sites is 1. The Kier molecular flexibility index (Phi) is 5.45. The Labute approximate surface area is 168 Å². The second-order valence-corrected chi connectivity index (χ2v) is 6.28. The highest BCUT2D eigenvalue weighted by Crippen LogP contribution is 2.28. The van der Waals surface area contributed by atoms with Gasteiger partial charge in [0.15, 0.2) is 0 Å². The molecule has 6 heteroatoms. The van der Waals surface area contributed by atoms with E-state index in [1.54, 1.807) is 24.3 Å². The molecule has 1 aliphatic rings. The van der Waals surface area contributed by atoms with Crippen LogP contribution in [0.5, 0.6) is 17.2 Å². The van der Waals surface area contributed by atoms with Crippen molar-refractivity contribution in [3.63, 3.8) is 0 Å². The van der Waals surface area contributed by atoms with Crippen LogP contribution in [-0.4, -0.2) is 13.1 Å². The zero-order chi connectivity index (χ0) is 20.1. The van der Waals surface area contributed by atoms with E-state index in [2.05, 4.69) is 5.48 Å². The number of nitrogens with one attached hydrogen (secondary N) is 1. The SMILES string of the molecule is COC(=O)c1cccc(OC2=CC(c3ccc(Oc4ccccc4)cc3)ON2)c1. The predicted molar refractivity (Wildman–Crippen MR) is 106 cm³/mol. The van der Waals surface area contributed by atoms with Gasteiger partial charge in [-0.05, 0) is 48.0 Å². The summed E-state index contributed by atoms with van der Waals surface area (Å²) in [6.45, 7) is 0. The van der Waals surface area contributed by atoms with E-state index in [0.717, 1.165) is 17.1 Å². The Morgan fingerprint density at radius 1 is 0.862 bits per heavy atom. The first-order chi connectivity index (χ1) is 14.2. The highest BCUT2D eigenvalue weighted by Gasteiger charge is 2.20. The van der Waals surface area contributed by atoms with Gasteiger partial charge in [0.1, 0.15) is 23.4 Å². The second-order valence-electron chi connectivity index (χ2n) is 6.28. The van der Waals surface area contributed by atoms with Crippen LogP contribution in [0.1, 0.15) is 22.0 Å². The van der Waals surface area contributed by atoms with Crippen molar-refractivity contribution >= 4 is 5.97 Å². The number of hydrogen-bond donors (Lipinski definition) is 1. The normalized spacial score (nSPS) is 15.2. The molecular formula is C23H19NO5. The van der Waals surface area contributed by atoms with Gasteiger partial charge < -0.3 is 14.2 Å². The molecule has 0 aromatic heterocycles. The molecule has 0 spiro atoms. The first-order valence-corrected chi connectivity index (χ1v) is 9.04. The van der Waals surface area contributed by atoms with Gasteiger partial charge >= 0.3 is 5.97 Å². The lowest BCUT2D eigenvalue weighted by atomic mass is 10.1. The highest BCUT2D eigenvalue weighted by molar-refractivity contribution is 5.89. The first-order valence-electron chi connectivity index (χ1n) is 9.04. The number of methoxy groups -OCH3 is 1. The molecule has 0 fully saturated rings. The van der Waals surface area contributed by atoms with Crippen LogP contribution in [0.15, 0.2) is 90.8 Å². The molecule has 29 heavy (non-hydrogen) atoms. The molecule has 1 heterocycles. The zero-order valence-corrected chi connectivity index (χ0v) is 15.7. The summed E-state index contributed by atoms with van der Waals surface area (Å²) < 4.78 is 16.3. The van der Waals surface area contributed by atoms with Crippen LogP contribution in [0.25, 0.3) is 0 Å². The maximum atomic E-state index is 11.6. The molecule has 146 valence electrons. The van der Waals surface area contributed by atoms with Crippen molar-refractivity contribution in [1.82, 2.24) is 5.48 Å². The highest BCUT2D eigenvalue weighted by atomic mass is 16.7. The molecule has 0 radical (unpaired) electrons. The summed E-state index contributed by atoms with van der Waals surface area (Å²) in [5, 5.41) is 0. The molecule has 1 N–H and O–H groups in total. The fourth-order valence-electron chi connectivity index (χ4n) is 2.83. The summed E-state index contributed by atoms with van der Waals surface area (Å²) in [4.78, 5) is 17.2. The van der Waals surface area contributed by atoms with Crippen LogP contribution in [-0.2, 0) is 9.57 Å². The van der Waals surface area contributed by atoms with Gasteiger partial charge in [0.25, 0.3) is 0 Å². The van der Waals surface area contributed by atoms with E-state index in [9.17, 15) is 4.79 Å². The van der Waals surface area contributed by atoms with Gasteiger partial charge in [-0.25, -0.2) is 10.3 Å². The van der Waals surface area contributed by atoms with E-state index in [4.69, 9.17) is 19.0 Å². The summed E-state index contributed by atoms with van der Waals surface area (Å²) in [6, 6.07) is 24.0. The Bertz CT molecular complexity index is 1010. The number of benzene rings is 3. The van der Waals surface area contributed by atoms with E-state index in [-0.39, 0.29) is 6.10 Å². The zero-order valence-electron chi connectivity index (χ0n) is 15.7. The number of rotatable bonds is 6. The molecular weight excluding hydrogens is 370 g/mol. The average Bonchev–Trinajstić information content (AvgIpc) is 3.23. The van der Waals surface area contributed by atoms with E-state index in [0.29, 0.717) is 17.2 Å². The standard InChI is InChI=1S/C23H19NO5/c1-26-23(25)17-6-5-9-20(14-17)28-22-15-21(29-24-22)16-10-12-19(13-11-16)27-18-7-3-2-4-8-18/h2-15,21,24H,1H3. The fourth-order valence-corrected chi connectivity index (χ4v) is 2.83. The Hall–Kier alpha value is -3.77. The van der Waals surface area contributed by atoms with Gasteiger partial charge in [-0.2, -0.15) is 0 Å². The molecule has 0 saturated carbocycles. The van der Waals surface area contributed by atoms with Crippen LogP contribution in [0.2, 0.25) is 0 Å². The van der Waals surface area contributed by atoms with Crippen LogP contribution >= 0.6 is 0 Å². The Balaban J connectivity index is 1.41. The van der Waals surface area contributed by atoms with E-state index < -0.39 is 5.97 Å². The number of ether oxygens (including phenoxy) is 3. The Morgan fingerprint density at radius 2 is 1.59 bits per heavy atom. The van der Waals surface area contributed by atoms with Crippen molar-refractivity contribution in [3.8, 4) is 17.2 Å². The van der Waals surface area contributed by atoms with Gasteiger partial charge in [-0.3, -0.25) is 4.84 Å². The minimum Gasteiger partial charge on any atom is -0.465 e. The Morgan fingerprint density at radius 3 is 2.34 bits per heavy atom. The fraction of sp³-hybridized carbons (Fsp3) is 0.0870. The maximum absolute atomic E-state index is 11.6. The van der Waals surface area contributed by atoms with Crippen LogP contribution in [0, 0.1) is 0 Å². The van der Waals surface area contributed by atoms with Crippen molar-refractivity contribution < 1.29 is 23.8 Å². The number of carbonyl (C=O) groups excluding carboxylic acids is 1. The van der Waals surface area contributed by atoms with E-state index in [1.807, 2.05) is 60.7 Å². The van der Waals surface area contributed by atoms with E-state index >= 15 is 0 Å². The first kappa shape index (κ1) is 18.6. The lowest BCUT2D eigenvalue weighted by Gasteiger charge is -2.09. The predicted octanol–water partition coefficient (Wildman–Crippen LogP) is 4.76. The van der Waals surface area contributed by atoms with Gasteiger partial charge in [-0.15, -0.1) is 0 Å². The van der Waals surface area contributed by atoms with E-state index in [1.165, 1.54) is 7.11 Å². The molecule has 0 bridgehead atoms. The average molecular weight is 389 g/mol. The summed E-state index contributed by atoms with van der Waals surface area (Å²) >= 11 is 0. The summed E-state index contributed by atoms with van der Waals surface area (Å²) in [5.41, 5.74) is 4.12. The molecule has 0 amide bonds. The minimum atomic E-state index is -0.421. The molecule has 6 nitrogen and oxygen atoms in total. The van der Waals surface area contributed by atoms with Crippen LogP contribution in [0.4, 0.5) is 0 Å². The quantitative estimate of drug-likeness (QED) is 0.613. The molecule has 1 atom stereocenters. The summed E-state index contributed by atoms with van der Waals surface area (Å²) in [6.07, 6.45) is 1.51. The molecule has 0 saturated heterocycles. The number of carbonyl (C=O) groups is 1. The molecule has 4 rings (SSSR count). The summed E-state index contributed by atoms with van der Waals surface area (Å²) in [5.74, 6) is 2.05. The molecule has 1 unspecified atom stereocenters. The van der Waals surface area contributed by atoms with Crippen LogP contribution in [0.3, 0.4) is 0 Å².